The van der Waals surface area contributed by atoms with Gasteiger partial charge in [0.25, 0.3) is 0 Å². The van der Waals surface area contributed by atoms with Crippen LogP contribution in [0.5, 0.6) is 0 Å². The maximum atomic E-state index is 13.1. The number of hydrogen-bond acceptors (Lipinski definition) is 2. The van der Waals surface area contributed by atoms with Crippen LogP contribution in [0.1, 0.15) is 11.3 Å². The van der Waals surface area contributed by atoms with Gasteiger partial charge < -0.3 is 5.32 Å². The lowest BCUT2D eigenvalue weighted by molar-refractivity contribution is 0.626. The summed E-state index contributed by atoms with van der Waals surface area (Å²) in [4.78, 5) is 4.59. The normalized spacial score (nSPS) is 10.8. The highest BCUT2D eigenvalue weighted by atomic mass is 79.9. The van der Waals surface area contributed by atoms with E-state index < -0.39 is 0 Å². The number of nitrogens with zero attached hydrogens (tertiary/aromatic N) is 1. The van der Waals surface area contributed by atoms with E-state index in [0.29, 0.717) is 6.54 Å². The van der Waals surface area contributed by atoms with Gasteiger partial charge in [-0.3, -0.25) is 4.98 Å². The molecule has 2 nitrogen and oxygen atoms in total. The Balaban J connectivity index is 1.90. The van der Waals surface area contributed by atoms with Crippen molar-refractivity contribution >= 4 is 32.5 Å². The van der Waals surface area contributed by atoms with E-state index in [9.17, 15) is 4.39 Å². The summed E-state index contributed by atoms with van der Waals surface area (Å²) in [5.74, 6) is -0.243. The number of para-hydroxylation sites is 1. The Bertz CT molecular complexity index is 802. The van der Waals surface area contributed by atoms with Crippen molar-refractivity contribution < 1.29 is 4.39 Å². The number of nitrogens with one attached hydrogen (secondary N) is 1. The van der Waals surface area contributed by atoms with Gasteiger partial charge in [0.2, 0.25) is 0 Å². The predicted octanol–water partition coefficient (Wildman–Crippen LogP) is 5.06. The number of benzene rings is 2. The van der Waals surface area contributed by atoms with E-state index in [1.54, 1.807) is 6.07 Å². The monoisotopic (exact) mass is 344 g/mol. The molecule has 3 rings (SSSR count). The van der Waals surface area contributed by atoms with Crippen molar-refractivity contribution in [2.45, 2.75) is 13.5 Å². The second kappa shape index (κ2) is 5.82. The highest BCUT2D eigenvalue weighted by Crippen LogP contribution is 2.24. The lowest BCUT2D eigenvalue weighted by Gasteiger charge is -2.11. The van der Waals surface area contributed by atoms with E-state index in [1.165, 1.54) is 12.1 Å². The minimum atomic E-state index is -0.243. The summed E-state index contributed by atoms with van der Waals surface area (Å²) in [6, 6.07) is 14.8. The lowest BCUT2D eigenvalue weighted by atomic mass is 10.1. The van der Waals surface area contributed by atoms with Crippen LogP contribution in [0, 0.1) is 12.7 Å². The molecule has 0 radical (unpaired) electrons. The van der Waals surface area contributed by atoms with Gasteiger partial charge in [0.05, 0.1) is 11.2 Å². The van der Waals surface area contributed by atoms with Crippen LogP contribution in [0.15, 0.2) is 53.0 Å². The first-order valence-corrected chi connectivity index (χ1v) is 7.47. The topological polar surface area (TPSA) is 24.9 Å². The molecule has 1 aromatic heterocycles. The Morgan fingerprint density at radius 2 is 2.00 bits per heavy atom. The van der Waals surface area contributed by atoms with Gasteiger partial charge in [0.15, 0.2) is 0 Å². The smallest absolute Gasteiger partial charge is 0.124 e. The SMILES string of the molecule is Cc1ccc2cccc(NCc3ccc(F)cc3Br)c2n1. The zero-order valence-corrected chi connectivity index (χ0v) is 13.1. The molecule has 0 saturated carbocycles. The third-order valence-electron chi connectivity index (χ3n) is 3.34. The molecule has 0 spiro atoms. The van der Waals surface area contributed by atoms with Crippen molar-refractivity contribution in [2.24, 2.45) is 0 Å². The van der Waals surface area contributed by atoms with E-state index in [0.717, 1.165) is 32.3 Å². The van der Waals surface area contributed by atoms with Crippen molar-refractivity contribution in [3.63, 3.8) is 0 Å². The van der Waals surface area contributed by atoms with E-state index in [-0.39, 0.29) is 5.82 Å². The molecule has 1 N–H and O–H groups in total. The zero-order valence-electron chi connectivity index (χ0n) is 11.5. The van der Waals surface area contributed by atoms with Gasteiger partial charge >= 0.3 is 0 Å². The summed E-state index contributed by atoms with van der Waals surface area (Å²) in [6.45, 7) is 2.59. The number of hydrogen-bond donors (Lipinski definition) is 1. The molecule has 0 bridgehead atoms. The molecule has 106 valence electrons. The largest absolute Gasteiger partial charge is 0.379 e. The standard InChI is InChI=1S/C17H14BrFN2/c1-11-5-6-12-3-2-4-16(17(12)21-11)20-10-13-7-8-14(19)9-15(13)18/h2-9,20H,10H2,1H3. The second-order valence-electron chi connectivity index (χ2n) is 4.92. The molecule has 0 aliphatic rings. The predicted molar refractivity (Wildman–Crippen MR) is 87.9 cm³/mol. The average molecular weight is 345 g/mol. The maximum absolute atomic E-state index is 13.1. The van der Waals surface area contributed by atoms with E-state index in [4.69, 9.17) is 0 Å². The van der Waals surface area contributed by atoms with Crippen LogP contribution in [-0.2, 0) is 6.54 Å². The Hall–Kier alpha value is -1.94. The summed E-state index contributed by atoms with van der Waals surface area (Å²) < 4.78 is 13.9. The van der Waals surface area contributed by atoms with E-state index in [2.05, 4.69) is 32.3 Å². The summed E-state index contributed by atoms with van der Waals surface area (Å²) in [5.41, 5.74) is 3.92. The highest BCUT2D eigenvalue weighted by Gasteiger charge is 2.05. The van der Waals surface area contributed by atoms with Crippen molar-refractivity contribution in [2.75, 3.05) is 5.32 Å². The second-order valence-corrected chi connectivity index (χ2v) is 5.77. The summed E-state index contributed by atoms with van der Waals surface area (Å²) in [6.07, 6.45) is 0. The van der Waals surface area contributed by atoms with Crippen LogP contribution >= 0.6 is 15.9 Å². The van der Waals surface area contributed by atoms with Crippen molar-refractivity contribution in [1.29, 1.82) is 0 Å². The molecule has 21 heavy (non-hydrogen) atoms. The van der Waals surface area contributed by atoms with Gasteiger partial charge in [0.1, 0.15) is 5.82 Å². The number of aromatic nitrogens is 1. The number of anilines is 1. The molecule has 4 heteroatoms. The van der Waals surface area contributed by atoms with E-state index in [1.807, 2.05) is 31.2 Å². The summed E-state index contributed by atoms with van der Waals surface area (Å²) in [5, 5.41) is 4.48. The number of aryl methyl sites for hydroxylation is 1. The van der Waals surface area contributed by atoms with Crippen molar-refractivity contribution in [3.05, 3.63) is 70.1 Å². The van der Waals surface area contributed by atoms with Gasteiger partial charge in [-0.25, -0.2) is 4.39 Å². The highest BCUT2D eigenvalue weighted by molar-refractivity contribution is 9.10. The quantitative estimate of drug-likeness (QED) is 0.718. The molecular weight excluding hydrogens is 331 g/mol. The first kappa shape index (κ1) is 14.0. The Morgan fingerprint density at radius 1 is 1.14 bits per heavy atom. The van der Waals surface area contributed by atoms with Crippen LogP contribution in [0.3, 0.4) is 0 Å². The average Bonchev–Trinajstić information content (AvgIpc) is 2.46. The van der Waals surface area contributed by atoms with E-state index >= 15 is 0 Å². The van der Waals surface area contributed by atoms with Crippen molar-refractivity contribution in [3.8, 4) is 0 Å². The van der Waals surface area contributed by atoms with Crippen LogP contribution in [0.2, 0.25) is 0 Å². The Labute approximate surface area is 131 Å². The fourth-order valence-corrected chi connectivity index (χ4v) is 2.73. The summed E-state index contributed by atoms with van der Waals surface area (Å²) >= 11 is 3.39. The number of rotatable bonds is 3. The molecule has 0 aliphatic carbocycles. The number of fused-ring (bicyclic) bond motifs is 1. The number of halogens is 2. The minimum Gasteiger partial charge on any atom is -0.379 e. The molecule has 0 amide bonds. The molecule has 2 aromatic carbocycles. The molecule has 1 heterocycles. The van der Waals surface area contributed by atoms with Crippen LogP contribution in [0.4, 0.5) is 10.1 Å². The van der Waals surface area contributed by atoms with Crippen LogP contribution in [0.25, 0.3) is 10.9 Å². The van der Waals surface area contributed by atoms with Crippen LogP contribution in [-0.4, -0.2) is 4.98 Å². The molecule has 0 saturated heterocycles. The molecule has 0 fully saturated rings. The molecule has 0 atom stereocenters. The fraction of sp³-hybridized carbons (Fsp3) is 0.118. The van der Waals surface area contributed by atoms with Crippen molar-refractivity contribution in [1.82, 2.24) is 4.98 Å². The Kier molecular flexibility index (Phi) is 3.88. The molecule has 0 aliphatic heterocycles. The maximum Gasteiger partial charge on any atom is 0.124 e. The van der Waals surface area contributed by atoms with Gasteiger partial charge in [-0.05, 0) is 36.8 Å². The van der Waals surface area contributed by atoms with Gasteiger partial charge in [0, 0.05) is 22.1 Å². The molecular formula is C17H14BrFN2. The molecule has 3 aromatic rings. The zero-order chi connectivity index (χ0) is 14.8. The third kappa shape index (κ3) is 3.05. The number of pyridine rings is 1. The molecule has 0 unspecified atom stereocenters. The van der Waals surface area contributed by atoms with Crippen LogP contribution < -0.4 is 5.32 Å². The van der Waals surface area contributed by atoms with Gasteiger partial charge in [-0.2, -0.15) is 0 Å². The summed E-state index contributed by atoms with van der Waals surface area (Å²) in [7, 11) is 0. The Morgan fingerprint density at radius 3 is 2.81 bits per heavy atom. The first-order valence-electron chi connectivity index (χ1n) is 6.68. The minimum absolute atomic E-state index is 0.243. The fourth-order valence-electron chi connectivity index (χ4n) is 2.24. The van der Waals surface area contributed by atoms with Gasteiger partial charge in [-0.1, -0.05) is 40.2 Å². The lowest BCUT2D eigenvalue weighted by Crippen LogP contribution is -2.02. The third-order valence-corrected chi connectivity index (χ3v) is 4.08. The first-order chi connectivity index (χ1) is 10.1. The van der Waals surface area contributed by atoms with Gasteiger partial charge in [-0.15, -0.1) is 0 Å².